The van der Waals surface area contributed by atoms with Gasteiger partial charge in [0.15, 0.2) is 0 Å². The number of anilines is 1. The number of rotatable bonds is 5. The van der Waals surface area contributed by atoms with Crippen molar-refractivity contribution >= 4 is 11.6 Å². The molecule has 1 aromatic carbocycles. The Morgan fingerprint density at radius 1 is 1.50 bits per heavy atom. The molecule has 0 fully saturated rings. The Balaban J connectivity index is 2.11. The molecular formula is C14H18N4O2. The highest BCUT2D eigenvalue weighted by atomic mass is 16.4. The Bertz CT molecular complexity index is 579. The standard InChI is InChI=1S/C14H18N4O2/c1-9-3-5-11(14-18-16-8-20-14)7-12(9)17-13(19)6-4-10(2)15/h3,5,7-8,10H,4,6,15H2,1-2H3,(H,17,19). The number of carbonyl (C=O) groups is 1. The fourth-order valence-corrected chi connectivity index (χ4v) is 1.76. The monoisotopic (exact) mass is 274 g/mol. The minimum absolute atomic E-state index is 0.0200. The summed E-state index contributed by atoms with van der Waals surface area (Å²) in [6.07, 6.45) is 2.34. The van der Waals surface area contributed by atoms with E-state index in [0.29, 0.717) is 18.7 Å². The van der Waals surface area contributed by atoms with Gasteiger partial charge in [0.05, 0.1) is 0 Å². The molecule has 3 N–H and O–H groups in total. The van der Waals surface area contributed by atoms with E-state index in [0.717, 1.165) is 16.8 Å². The molecule has 6 heteroatoms. The largest absolute Gasteiger partial charge is 0.423 e. The second kappa shape index (κ2) is 6.29. The number of nitrogens with two attached hydrogens (primary N) is 1. The van der Waals surface area contributed by atoms with Crippen molar-refractivity contribution in [2.75, 3.05) is 5.32 Å². The minimum Gasteiger partial charge on any atom is -0.423 e. The van der Waals surface area contributed by atoms with Crippen molar-refractivity contribution in [1.82, 2.24) is 10.2 Å². The first-order chi connectivity index (χ1) is 9.56. The molecule has 0 aliphatic rings. The van der Waals surface area contributed by atoms with Crippen LogP contribution < -0.4 is 11.1 Å². The van der Waals surface area contributed by atoms with Crippen LogP contribution in [0.5, 0.6) is 0 Å². The van der Waals surface area contributed by atoms with Crippen molar-refractivity contribution in [3.63, 3.8) is 0 Å². The predicted octanol–water partition coefficient (Wildman–Crippen LogP) is 2.11. The van der Waals surface area contributed by atoms with Gasteiger partial charge in [-0.05, 0) is 38.0 Å². The average molecular weight is 274 g/mol. The van der Waals surface area contributed by atoms with Crippen molar-refractivity contribution in [3.05, 3.63) is 30.2 Å². The molecule has 0 aliphatic carbocycles. The molecule has 20 heavy (non-hydrogen) atoms. The van der Waals surface area contributed by atoms with E-state index in [4.69, 9.17) is 10.2 Å². The number of aromatic nitrogens is 2. The van der Waals surface area contributed by atoms with Crippen molar-refractivity contribution < 1.29 is 9.21 Å². The number of nitrogens with zero attached hydrogens (tertiary/aromatic N) is 2. The molecule has 1 aromatic heterocycles. The maximum absolute atomic E-state index is 11.8. The molecule has 0 saturated carbocycles. The van der Waals surface area contributed by atoms with E-state index in [-0.39, 0.29) is 11.9 Å². The molecule has 1 atom stereocenters. The highest BCUT2D eigenvalue weighted by Gasteiger charge is 2.09. The van der Waals surface area contributed by atoms with Crippen LogP contribution in [0, 0.1) is 6.92 Å². The van der Waals surface area contributed by atoms with Gasteiger partial charge in [-0.1, -0.05) is 6.07 Å². The molecule has 1 unspecified atom stereocenters. The van der Waals surface area contributed by atoms with Crippen LogP contribution in [0.2, 0.25) is 0 Å². The summed E-state index contributed by atoms with van der Waals surface area (Å²) in [5, 5.41) is 10.4. The van der Waals surface area contributed by atoms with E-state index >= 15 is 0 Å². The van der Waals surface area contributed by atoms with E-state index in [1.165, 1.54) is 6.39 Å². The van der Waals surface area contributed by atoms with E-state index in [9.17, 15) is 4.79 Å². The molecule has 1 heterocycles. The third-order valence-corrected chi connectivity index (χ3v) is 2.95. The van der Waals surface area contributed by atoms with Crippen molar-refractivity contribution in [2.45, 2.75) is 32.7 Å². The van der Waals surface area contributed by atoms with E-state index in [1.54, 1.807) is 0 Å². The van der Waals surface area contributed by atoms with Crippen LogP contribution in [0.25, 0.3) is 11.5 Å². The van der Waals surface area contributed by atoms with E-state index < -0.39 is 0 Å². The number of amides is 1. The van der Waals surface area contributed by atoms with Gasteiger partial charge in [-0.25, -0.2) is 0 Å². The van der Waals surface area contributed by atoms with Gasteiger partial charge in [0.1, 0.15) is 0 Å². The summed E-state index contributed by atoms with van der Waals surface area (Å²) in [4.78, 5) is 11.8. The first-order valence-electron chi connectivity index (χ1n) is 6.49. The van der Waals surface area contributed by atoms with Crippen molar-refractivity contribution in [1.29, 1.82) is 0 Å². The highest BCUT2D eigenvalue weighted by molar-refractivity contribution is 5.92. The van der Waals surface area contributed by atoms with Crippen LogP contribution in [-0.2, 0) is 4.79 Å². The van der Waals surface area contributed by atoms with Gasteiger partial charge in [0, 0.05) is 23.7 Å². The van der Waals surface area contributed by atoms with Crippen LogP contribution in [0.4, 0.5) is 5.69 Å². The number of nitrogens with one attached hydrogen (secondary N) is 1. The third-order valence-electron chi connectivity index (χ3n) is 2.95. The Labute approximate surface area is 117 Å². The van der Waals surface area contributed by atoms with Gasteiger partial charge >= 0.3 is 0 Å². The topological polar surface area (TPSA) is 94.0 Å². The summed E-state index contributed by atoms with van der Waals surface area (Å²) < 4.78 is 5.15. The molecule has 106 valence electrons. The molecule has 2 rings (SSSR count). The Hall–Kier alpha value is -2.21. The summed E-state index contributed by atoms with van der Waals surface area (Å²) in [5.41, 5.74) is 8.14. The number of hydrogen-bond acceptors (Lipinski definition) is 5. The van der Waals surface area contributed by atoms with E-state index in [1.807, 2.05) is 32.0 Å². The quantitative estimate of drug-likeness (QED) is 0.870. The Morgan fingerprint density at radius 2 is 2.30 bits per heavy atom. The Morgan fingerprint density at radius 3 is 2.95 bits per heavy atom. The maximum Gasteiger partial charge on any atom is 0.247 e. The fraction of sp³-hybridized carbons (Fsp3) is 0.357. The molecule has 1 amide bonds. The minimum atomic E-state index is -0.0481. The summed E-state index contributed by atoms with van der Waals surface area (Å²) in [7, 11) is 0. The summed E-state index contributed by atoms with van der Waals surface area (Å²) >= 11 is 0. The number of aryl methyl sites for hydroxylation is 1. The van der Waals surface area contributed by atoms with Crippen molar-refractivity contribution in [2.24, 2.45) is 5.73 Å². The molecule has 2 aromatic rings. The predicted molar refractivity (Wildman–Crippen MR) is 76.0 cm³/mol. The van der Waals surface area contributed by atoms with Crippen LogP contribution in [-0.4, -0.2) is 22.1 Å². The van der Waals surface area contributed by atoms with Crippen LogP contribution in [0.15, 0.2) is 29.0 Å². The lowest BCUT2D eigenvalue weighted by molar-refractivity contribution is -0.116. The summed E-state index contributed by atoms with van der Waals surface area (Å²) in [6, 6.07) is 5.62. The molecule has 0 aliphatic heterocycles. The first-order valence-corrected chi connectivity index (χ1v) is 6.49. The number of hydrogen-bond donors (Lipinski definition) is 2. The molecule has 6 nitrogen and oxygen atoms in total. The lowest BCUT2D eigenvalue weighted by Crippen LogP contribution is -2.19. The molecule has 0 bridgehead atoms. The van der Waals surface area contributed by atoms with Gasteiger partial charge < -0.3 is 15.5 Å². The lowest BCUT2D eigenvalue weighted by atomic mass is 10.1. The summed E-state index contributed by atoms with van der Waals surface area (Å²) in [5.74, 6) is 0.379. The third kappa shape index (κ3) is 3.64. The van der Waals surface area contributed by atoms with Gasteiger partial charge in [-0.2, -0.15) is 0 Å². The molecule has 0 radical (unpaired) electrons. The second-order valence-electron chi connectivity index (χ2n) is 4.84. The van der Waals surface area contributed by atoms with E-state index in [2.05, 4.69) is 15.5 Å². The fourth-order valence-electron chi connectivity index (χ4n) is 1.76. The molecule has 0 spiro atoms. The van der Waals surface area contributed by atoms with Crippen LogP contribution in [0.1, 0.15) is 25.3 Å². The smallest absolute Gasteiger partial charge is 0.247 e. The number of carbonyl (C=O) groups excluding carboxylic acids is 1. The molecule has 0 saturated heterocycles. The summed E-state index contributed by atoms with van der Waals surface area (Å²) in [6.45, 7) is 3.81. The zero-order valence-electron chi connectivity index (χ0n) is 11.6. The van der Waals surface area contributed by atoms with Gasteiger partial charge in [-0.15, -0.1) is 10.2 Å². The SMILES string of the molecule is Cc1ccc(-c2nnco2)cc1NC(=O)CCC(C)N. The number of benzene rings is 1. The van der Waals surface area contributed by atoms with Gasteiger partial charge in [-0.3, -0.25) is 4.79 Å². The maximum atomic E-state index is 11.8. The van der Waals surface area contributed by atoms with Crippen LogP contribution in [0.3, 0.4) is 0 Å². The van der Waals surface area contributed by atoms with Gasteiger partial charge in [0.25, 0.3) is 0 Å². The van der Waals surface area contributed by atoms with Crippen LogP contribution >= 0.6 is 0 Å². The second-order valence-corrected chi connectivity index (χ2v) is 4.84. The zero-order valence-corrected chi connectivity index (χ0v) is 11.6. The lowest BCUT2D eigenvalue weighted by Gasteiger charge is -2.10. The normalized spacial score (nSPS) is 12.2. The Kier molecular flexibility index (Phi) is 4.47. The van der Waals surface area contributed by atoms with Crippen molar-refractivity contribution in [3.8, 4) is 11.5 Å². The average Bonchev–Trinajstić information content (AvgIpc) is 2.93. The first kappa shape index (κ1) is 14.2. The van der Waals surface area contributed by atoms with Gasteiger partial charge in [0.2, 0.25) is 18.2 Å². The highest BCUT2D eigenvalue weighted by Crippen LogP contribution is 2.24. The zero-order chi connectivity index (χ0) is 14.5. The molecular weight excluding hydrogens is 256 g/mol.